The summed E-state index contributed by atoms with van der Waals surface area (Å²) in [6.07, 6.45) is 0. The van der Waals surface area contributed by atoms with E-state index in [1.165, 1.54) is 17.8 Å². The molecular weight excluding hydrogens is 362 g/mol. The molecule has 5 nitrogen and oxygen atoms in total. The molecule has 0 fully saturated rings. The third-order valence-electron chi connectivity index (χ3n) is 3.90. The lowest BCUT2D eigenvalue weighted by Crippen LogP contribution is -2.01. The molecule has 0 amide bonds. The van der Waals surface area contributed by atoms with Gasteiger partial charge in [0.05, 0.1) is 0 Å². The second-order valence-electron chi connectivity index (χ2n) is 5.56. The summed E-state index contributed by atoms with van der Waals surface area (Å²) in [6.45, 7) is 1.71. The fourth-order valence-electron chi connectivity index (χ4n) is 2.62. The molecule has 0 aliphatic rings. The Kier molecular flexibility index (Phi) is 3.94. The van der Waals surface area contributed by atoms with E-state index in [4.69, 9.17) is 20.4 Å². The normalized spacial score (nSPS) is 11.4. The van der Waals surface area contributed by atoms with E-state index in [0.717, 1.165) is 10.9 Å². The summed E-state index contributed by atoms with van der Waals surface area (Å²) >= 11 is 7.33. The van der Waals surface area contributed by atoms with E-state index >= 15 is 0 Å². The van der Waals surface area contributed by atoms with Crippen LogP contribution in [0.5, 0.6) is 5.75 Å². The van der Waals surface area contributed by atoms with Gasteiger partial charge in [0.1, 0.15) is 16.8 Å². The van der Waals surface area contributed by atoms with Gasteiger partial charge in [-0.1, -0.05) is 23.4 Å². The van der Waals surface area contributed by atoms with E-state index in [-0.39, 0.29) is 5.75 Å². The van der Waals surface area contributed by atoms with Crippen LogP contribution in [0.25, 0.3) is 22.1 Å². The molecule has 0 bridgehead atoms. The van der Waals surface area contributed by atoms with Crippen LogP contribution in [0, 0.1) is 6.92 Å². The Balaban J connectivity index is 1.70. The largest absolute Gasteiger partial charge is 0.508 e. The molecule has 1 N–H and O–H groups in total. The van der Waals surface area contributed by atoms with E-state index in [1.807, 2.05) is 0 Å². The van der Waals surface area contributed by atoms with Crippen LogP contribution in [0.4, 0.5) is 0 Å². The number of aryl methyl sites for hydroxylation is 1. The molecular formula is C18H12ClNO4S. The van der Waals surface area contributed by atoms with Gasteiger partial charge in [0, 0.05) is 27.8 Å². The number of oxazole rings is 1. The number of hydrogen-bond donors (Lipinski definition) is 1. The molecule has 25 heavy (non-hydrogen) atoms. The zero-order valence-corrected chi connectivity index (χ0v) is 14.6. The molecule has 7 heteroatoms. The van der Waals surface area contributed by atoms with Crippen molar-refractivity contribution in [2.45, 2.75) is 17.9 Å². The summed E-state index contributed by atoms with van der Waals surface area (Å²) in [5, 5.41) is 11.7. The van der Waals surface area contributed by atoms with Crippen molar-refractivity contribution < 1.29 is 13.9 Å². The van der Waals surface area contributed by atoms with Crippen molar-refractivity contribution in [2.24, 2.45) is 0 Å². The molecule has 0 aliphatic heterocycles. The first kappa shape index (κ1) is 16.1. The van der Waals surface area contributed by atoms with E-state index in [9.17, 15) is 9.90 Å². The third-order valence-corrected chi connectivity index (χ3v) is 5.01. The van der Waals surface area contributed by atoms with Crippen LogP contribution in [0.2, 0.25) is 5.02 Å². The maximum atomic E-state index is 11.8. The number of aromatic hydroxyl groups is 1. The lowest BCUT2D eigenvalue weighted by atomic mass is 10.1. The van der Waals surface area contributed by atoms with Crippen molar-refractivity contribution in [1.82, 2.24) is 4.98 Å². The quantitative estimate of drug-likeness (QED) is 0.407. The minimum atomic E-state index is -0.457. The average Bonchev–Trinajstić information content (AvgIpc) is 2.98. The summed E-state index contributed by atoms with van der Waals surface area (Å²) in [5.74, 6) is 0.573. The Bertz CT molecular complexity index is 1170. The molecule has 0 unspecified atom stereocenters. The van der Waals surface area contributed by atoms with Gasteiger partial charge >= 0.3 is 5.63 Å². The number of thioether (sulfide) groups is 1. The number of phenolic OH excluding ortho intramolecular Hbond substituents is 1. The molecule has 126 valence electrons. The topological polar surface area (TPSA) is 76.5 Å². The van der Waals surface area contributed by atoms with Gasteiger partial charge in [-0.2, -0.15) is 0 Å². The van der Waals surface area contributed by atoms with Crippen molar-refractivity contribution in [3.05, 3.63) is 63.0 Å². The van der Waals surface area contributed by atoms with E-state index < -0.39 is 5.63 Å². The fourth-order valence-corrected chi connectivity index (χ4v) is 3.61. The number of benzene rings is 2. The number of hydrogen-bond acceptors (Lipinski definition) is 6. The van der Waals surface area contributed by atoms with Crippen molar-refractivity contribution in [3.63, 3.8) is 0 Å². The van der Waals surface area contributed by atoms with Crippen LogP contribution in [-0.2, 0) is 5.75 Å². The molecule has 0 radical (unpaired) electrons. The predicted octanol–water partition coefficient (Wildman–Crippen LogP) is 4.89. The van der Waals surface area contributed by atoms with Gasteiger partial charge < -0.3 is 13.9 Å². The summed E-state index contributed by atoms with van der Waals surface area (Å²) < 4.78 is 10.9. The first-order valence-electron chi connectivity index (χ1n) is 7.45. The highest BCUT2D eigenvalue weighted by Gasteiger charge is 2.13. The lowest BCUT2D eigenvalue weighted by molar-refractivity contribution is 0.468. The smallest absolute Gasteiger partial charge is 0.336 e. The van der Waals surface area contributed by atoms with Crippen LogP contribution in [-0.4, -0.2) is 10.1 Å². The highest BCUT2D eigenvalue weighted by molar-refractivity contribution is 7.98. The summed E-state index contributed by atoms with van der Waals surface area (Å²) in [5.41, 5.74) is 2.62. The van der Waals surface area contributed by atoms with Gasteiger partial charge in [0.15, 0.2) is 5.58 Å². The zero-order valence-electron chi connectivity index (χ0n) is 13.1. The van der Waals surface area contributed by atoms with Gasteiger partial charge in [-0.25, -0.2) is 9.78 Å². The van der Waals surface area contributed by atoms with Gasteiger partial charge in [-0.05, 0) is 42.8 Å². The van der Waals surface area contributed by atoms with Crippen LogP contribution >= 0.6 is 23.4 Å². The van der Waals surface area contributed by atoms with E-state index in [2.05, 4.69) is 4.98 Å². The highest BCUT2D eigenvalue weighted by Crippen LogP contribution is 2.32. The van der Waals surface area contributed by atoms with Crippen LogP contribution in [0.1, 0.15) is 11.1 Å². The molecule has 4 rings (SSSR count). The van der Waals surface area contributed by atoms with Gasteiger partial charge in [0.25, 0.3) is 5.22 Å². The summed E-state index contributed by atoms with van der Waals surface area (Å²) in [7, 11) is 0. The van der Waals surface area contributed by atoms with Crippen molar-refractivity contribution in [2.75, 3.05) is 0 Å². The molecule has 2 aromatic heterocycles. The zero-order chi connectivity index (χ0) is 17.6. The first-order valence-corrected chi connectivity index (χ1v) is 8.82. The highest BCUT2D eigenvalue weighted by atomic mass is 35.5. The van der Waals surface area contributed by atoms with Gasteiger partial charge in [-0.3, -0.25) is 0 Å². The Morgan fingerprint density at radius 1 is 1.20 bits per heavy atom. The summed E-state index contributed by atoms with van der Waals surface area (Å²) in [6, 6.07) is 10.0. The SMILES string of the molecule is Cc1c(O)ccc2c(CSc3nc4cc(Cl)ccc4o3)cc(=O)oc12. The van der Waals surface area contributed by atoms with E-state index in [1.54, 1.807) is 37.3 Å². The van der Waals surface area contributed by atoms with Crippen molar-refractivity contribution >= 4 is 45.4 Å². The maximum Gasteiger partial charge on any atom is 0.336 e. The molecule has 0 saturated carbocycles. The van der Waals surface area contributed by atoms with Crippen LogP contribution in [0.15, 0.2) is 55.2 Å². The number of aromatic nitrogens is 1. The van der Waals surface area contributed by atoms with Gasteiger partial charge in [-0.15, -0.1) is 0 Å². The molecule has 0 saturated heterocycles. The number of rotatable bonds is 3. The first-order chi connectivity index (χ1) is 12.0. The molecule has 2 heterocycles. The van der Waals surface area contributed by atoms with Crippen LogP contribution < -0.4 is 5.63 Å². The number of fused-ring (bicyclic) bond motifs is 2. The van der Waals surface area contributed by atoms with Gasteiger partial charge in [0.2, 0.25) is 0 Å². The average molecular weight is 374 g/mol. The van der Waals surface area contributed by atoms with E-state index in [0.29, 0.717) is 38.2 Å². The molecule has 0 spiro atoms. The van der Waals surface area contributed by atoms with Crippen molar-refractivity contribution in [1.29, 1.82) is 0 Å². The van der Waals surface area contributed by atoms with Crippen molar-refractivity contribution in [3.8, 4) is 5.75 Å². The second kappa shape index (κ2) is 6.13. The molecule has 2 aromatic carbocycles. The third kappa shape index (κ3) is 2.99. The minimum Gasteiger partial charge on any atom is -0.508 e. The Morgan fingerprint density at radius 3 is 2.88 bits per heavy atom. The number of phenols is 1. The number of halogens is 1. The fraction of sp³-hybridized carbons (Fsp3) is 0.111. The second-order valence-corrected chi connectivity index (χ2v) is 6.92. The Hall–Kier alpha value is -2.44. The standard InChI is InChI=1S/C18H12ClNO4S/c1-9-14(21)4-3-12-10(6-16(22)24-17(9)12)8-25-18-20-13-7-11(19)2-5-15(13)23-18/h2-7,21H,8H2,1H3. The maximum absolute atomic E-state index is 11.8. The minimum absolute atomic E-state index is 0.0938. The monoisotopic (exact) mass is 373 g/mol. The van der Waals surface area contributed by atoms with Crippen LogP contribution in [0.3, 0.4) is 0 Å². The predicted molar refractivity (Wildman–Crippen MR) is 97.5 cm³/mol. The molecule has 0 atom stereocenters. The summed E-state index contributed by atoms with van der Waals surface area (Å²) in [4.78, 5) is 16.2. The number of nitrogens with zero attached hydrogens (tertiary/aromatic N) is 1. The lowest BCUT2D eigenvalue weighted by Gasteiger charge is -2.07. The Labute approximate surface area is 151 Å². The molecule has 4 aromatic rings. The molecule has 0 aliphatic carbocycles. The Morgan fingerprint density at radius 2 is 2.04 bits per heavy atom.